The first kappa shape index (κ1) is 11.3. The van der Waals surface area contributed by atoms with Gasteiger partial charge in [0, 0.05) is 18.1 Å². The molecule has 2 rings (SSSR count). The van der Waals surface area contributed by atoms with E-state index in [0.717, 1.165) is 24.1 Å². The fourth-order valence-corrected chi connectivity index (χ4v) is 1.77. The van der Waals surface area contributed by atoms with E-state index in [1.807, 2.05) is 36.4 Å². The number of amides is 1. The maximum atomic E-state index is 10.5. The standard InChI is InChI=1S/C14H14N2O/c17-11-16-14-4-2-1-3-13(14)6-5-12-7-9-15-10-8-12/h1-4,7-11H,5-6H2,(H,16,17). The number of carbonyl (C=O) groups excluding carboxylic acids is 1. The van der Waals surface area contributed by atoms with Crippen LogP contribution in [-0.4, -0.2) is 11.4 Å². The molecule has 3 heteroatoms. The summed E-state index contributed by atoms with van der Waals surface area (Å²) >= 11 is 0. The van der Waals surface area contributed by atoms with Gasteiger partial charge < -0.3 is 5.32 Å². The van der Waals surface area contributed by atoms with E-state index in [-0.39, 0.29) is 0 Å². The van der Waals surface area contributed by atoms with E-state index >= 15 is 0 Å². The van der Waals surface area contributed by atoms with E-state index in [1.54, 1.807) is 12.4 Å². The van der Waals surface area contributed by atoms with Crippen molar-refractivity contribution in [3.63, 3.8) is 0 Å². The third-order valence-corrected chi connectivity index (χ3v) is 2.66. The maximum absolute atomic E-state index is 10.5. The Morgan fingerprint density at radius 3 is 2.59 bits per heavy atom. The van der Waals surface area contributed by atoms with Gasteiger partial charge >= 0.3 is 0 Å². The van der Waals surface area contributed by atoms with Crippen molar-refractivity contribution in [3.8, 4) is 0 Å². The molecule has 2 aromatic rings. The molecule has 1 amide bonds. The molecule has 0 unspecified atom stereocenters. The Bertz CT molecular complexity index is 483. The molecule has 1 N–H and O–H groups in total. The number of hydrogen-bond donors (Lipinski definition) is 1. The molecule has 3 nitrogen and oxygen atoms in total. The van der Waals surface area contributed by atoms with E-state index in [2.05, 4.69) is 10.3 Å². The second-order valence-electron chi connectivity index (χ2n) is 3.77. The van der Waals surface area contributed by atoms with Crippen LogP contribution in [-0.2, 0) is 17.6 Å². The van der Waals surface area contributed by atoms with Crippen LogP contribution in [0, 0.1) is 0 Å². The number of aromatic nitrogens is 1. The van der Waals surface area contributed by atoms with Crippen molar-refractivity contribution in [1.29, 1.82) is 0 Å². The Hall–Kier alpha value is -2.16. The topological polar surface area (TPSA) is 42.0 Å². The van der Waals surface area contributed by atoms with Gasteiger partial charge in [0.2, 0.25) is 6.41 Å². The van der Waals surface area contributed by atoms with Crippen LogP contribution in [0.4, 0.5) is 5.69 Å². The van der Waals surface area contributed by atoms with Crippen LogP contribution < -0.4 is 5.32 Å². The molecule has 0 bridgehead atoms. The van der Waals surface area contributed by atoms with Gasteiger partial charge in [0.15, 0.2) is 0 Å². The van der Waals surface area contributed by atoms with Crippen LogP contribution in [0.1, 0.15) is 11.1 Å². The third-order valence-electron chi connectivity index (χ3n) is 2.66. The molecule has 1 aromatic carbocycles. The smallest absolute Gasteiger partial charge is 0.211 e. The Morgan fingerprint density at radius 2 is 1.82 bits per heavy atom. The highest BCUT2D eigenvalue weighted by Crippen LogP contribution is 2.16. The summed E-state index contributed by atoms with van der Waals surface area (Å²) in [5.74, 6) is 0. The Balaban J connectivity index is 2.06. The predicted molar refractivity (Wildman–Crippen MR) is 67.8 cm³/mol. The summed E-state index contributed by atoms with van der Waals surface area (Å²) < 4.78 is 0. The highest BCUT2D eigenvalue weighted by molar-refractivity contribution is 5.73. The van der Waals surface area contributed by atoms with Crippen molar-refractivity contribution in [3.05, 3.63) is 59.9 Å². The maximum Gasteiger partial charge on any atom is 0.211 e. The van der Waals surface area contributed by atoms with Gasteiger partial charge in [0.05, 0.1) is 0 Å². The van der Waals surface area contributed by atoms with Crippen LogP contribution in [0.25, 0.3) is 0 Å². The number of nitrogens with zero attached hydrogens (tertiary/aromatic N) is 1. The van der Waals surface area contributed by atoms with Crippen molar-refractivity contribution >= 4 is 12.1 Å². The fourth-order valence-electron chi connectivity index (χ4n) is 1.77. The van der Waals surface area contributed by atoms with E-state index < -0.39 is 0 Å². The van der Waals surface area contributed by atoms with Gasteiger partial charge in [-0.25, -0.2) is 0 Å². The minimum atomic E-state index is 0.714. The molecule has 0 aliphatic carbocycles. The number of aryl methyl sites for hydroxylation is 2. The number of benzene rings is 1. The zero-order chi connectivity index (χ0) is 11.9. The summed E-state index contributed by atoms with van der Waals surface area (Å²) in [6, 6.07) is 11.9. The number of hydrogen-bond acceptors (Lipinski definition) is 2. The van der Waals surface area contributed by atoms with Crippen LogP contribution in [0.3, 0.4) is 0 Å². The Kier molecular flexibility index (Phi) is 3.86. The lowest BCUT2D eigenvalue weighted by atomic mass is 10.0. The average Bonchev–Trinajstić information content (AvgIpc) is 2.39. The molecule has 0 spiro atoms. The van der Waals surface area contributed by atoms with Gasteiger partial charge in [0.1, 0.15) is 0 Å². The first-order valence-electron chi connectivity index (χ1n) is 5.57. The summed E-state index contributed by atoms with van der Waals surface area (Å²) in [6.45, 7) is 0. The highest BCUT2D eigenvalue weighted by atomic mass is 16.1. The van der Waals surface area contributed by atoms with Gasteiger partial charge in [-0.15, -0.1) is 0 Å². The minimum Gasteiger partial charge on any atom is -0.328 e. The molecule has 0 radical (unpaired) electrons. The molecular weight excluding hydrogens is 212 g/mol. The zero-order valence-electron chi connectivity index (χ0n) is 9.47. The quantitative estimate of drug-likeness (QED) is 0.796. The van der Waals surface area contributed by atoms with Crippen molar-refractivity contribution in [2.75, 3.05) is 5.32 Å². The second kappa shape index (κ2) is 5.80. The number of pyridine rings is 1. The molecule has 86 valence electrons. The predicted octanol–water partition coefficient (Wildman–Crippen LogP) is 2.44. The SMILES string of the molecule is O=CNc1ccccc1CCc1ccncc1. The Morgan fingerprint density at radius 1 is 1.06 bits per heavy atom. The van der Waals surface area contributed by atoms with Crippen molar-refractivity contribution in [1.82, 2.24) is 4.98 Å². The van der Waals surface area contributed by atoms with Gasteiger partial charge in [-0.1, -0.05) is 18.2 Å². The zero-order valence-corrected chi connectivity index (χ0v) is 9.47. The van der Waals surface area contributed by atoms with Gasteiger partial charge in [-0.2, -0.15) is 0 Å². The summed E-state index contributed by atoms with van der Waals surface area (Å²) in [7, 11) is 0. The van der Waals surface area contributed by atoms with E-state index in [4.69, 9.17) is 0 Å². The molecule has 1 aromatic heterocycles. The molecular formula is C14H14N2O. The number of anilines is 1. The first-order chi connectivity index (χ1) is 8.40. The van der Waals surface area contributed by atoms with Crippen molar-refractivity contribution < 1.29 is 4.79 Å². The highest BCUT2D eigenvalue weighted by Gasteiger charge is 2.01. The third kappa shape index (κ3) is 3.14. The van der Waals surface area contributed by atoms with Crippen LogP contribution >= 0.6 is 0 Å². The molecule has 17 heavy (non-hydrogen) atoms. The minimum absolute atomic E-state index is 0.714. The lowest BCUT2D eigenvalue weighted by Gasteiger charge is -2.07. The molecule has 0 saturated carbocycles. The first-order valence-corrected chi connectivity index (χ1v) is 5.57. The normalized spacial score (nSPS) is 9.88. The summed E-state index contributed by atoms with van der Waals surface area (Å²) in [5, 5.41) is 2.72. The number of nitrogens with one attached hydrogen (secondary N) is 1. The Labute approximate surface area is 101 Å². The molecule has 0 saturated heterocycles. The lowest BCUT2D eigenvalue weighted by molar-refractivity contribution is -0.105. The van der Waals surface area contributed by atoms with Gasteiger partial charge in [0.25, 0.3) is 0 Å². The van der Waals surface area contributed by atoms with E-state index in [1.165, 1.54) is 5.56 Å². The fraction of sp³-hybridized carbons (Fsp3) is 0.143. The van der Waals surface area contributed by atoms with Crippen LogP contribution in [0.2, 0.25) is 0 Å². The summed E-state index contributed by atoms with van der Waals surface area (Å²) in [4.78, 5) is 14.5. The van der Waals surface area contributed by atoms with Crippen molar-refractivity contribution in [2.24, 2.45) is 0 Å². The van der Waals surface area contributed by atoms with E-state index in [9.17, 15) is 4.79 Å². The lowest BCUT2D eigenvalue weighted by Crippen LogP contribution is -2.00. The molecule has 0 aliphatic heterocycles. The molecule has 0 aliphatic rings. The van der Waals surface area contributed by atoms with Crippen LogP contribution in [0.5, 0.6) is 0 Å². The average molecular weight is 226 g/mol. The molecule has 1 heterocycles. The number of para-hydroxylation sites is 1. The van der Waals surface area contributed by atoms with Gasteiger partial charge in [-0.05, 0) is 42.2 Å². The molecule has 0 fully saturated rings. The van der Waals surface area contributed by atoms with Gasteiger partial charge in [-0.3, -0.25) is 9.78 Å². The number of rotatable bonds is 5. The monoisotopic (exact) mass is 226 g/mol. The second-order valence-corrected chi connectivity index (χ2v) is 3.77. The number of carbonyl (C=O) groups is 1. The molecule has 0 atom stereocenters. The van der Waals surface area contributed by atoms with Crippen LogP contribution in [0.15, 0.2) is 48.8 Å². The van der Waals surface area contributed by atoms with Crippen molar-refractivity contribution in [2.45, 2.75) is 12.8 Å². The van der Waals surface area contributed by atoms with E-state index in [0.29, 0.717) is 6.41 Å². The summed E-state index contributed by atoms with van der Waals surface area (Å²) in [5.41, 5.74) is 3.29. The summed E-state index contributed by atoms with van der Waals surface area (Å²) in [6.07, 6.45) is 6.15. The largest absolute Gasteiger partial charge is 0.328 e.